The molecule has 0 aliphatic carbocycles. The molecule has 1 unspecified atom stereocenters. The summed E-state index contributed by atoms with van der Waals surface area (Å²) in [6, 6.07) is 10.2. The Morgan fingerprint density at radius 2 is 1.89 bits per heavy atom. The quantitative estimate of drug-likeness (QED) is 0.842. The molecule has 0 spiro atoms. The molecule has 0 aliphatic rings. The van der Waals surface area contributed by atoms with Gasteiger partial charge in [0.1, 0.15) is 17.3 Å². The number of hydrogen-bond acceptors (Lipinski definition) is 2. The zero-order valence-electron chi connectivity index (χ0n) is 11.4. The van der Waals surface area contributed by atoms with Gasteiger partial charge >= 0.3 is 0 Å². The molecule has 1 atom stereocenters. The Labute approximate surface area is 113 Å². The van der Waals surface area contributed by atoms with Gasteiger partial charge in [0.2, 0.25) is 0 Å². The van der Waals surface area contributed by atoms with Crippen molar-refractivity contribution in [2.75, 3.05) is 6.54 Å². The Hall–Kier alpha value is -1.61. The van der Waals surface area contributed by atoms with E-state index in [1.165, 1.54) is 18.6 Å². The number of nitrogens with one attached hydrogen (secondary N) is 1. The summed E-state index contributed by atoms with van der Waals surface area (Å²) in [5, 5.41) is 3.37. The van der Waals surface area contributed by atoms with E-state index in [-0.39, 0.29) is 5.82 Å². The van der Waals surface area contributed by atoms with Gasteiger partial charge < -0.3 is 9.73 Å². The van der Waals surface area contributed by atoms with Crippen LogP contribution in [0.4, 0.5) is 4.39 Å². The van der Waals surface area contributed by atoms with E-state index in [1.54, 1.807) is 12.1 Å². The molecule has 1 heterocycles. The molecule has 2 aromatic rings. The summed E-state index contributed by atoms with van der Waals surface area (Å²) in [6.45, 7) is 6.12. The fourth-order valence-corrected chi connectivity index (χ4v) is 1.83. The molecule has 3 heteroatoms. The molecule has 0 saturated heterocycles. The monoisotopic (exact) mass is 261 g/mol. The predicted octanol–water partition coefficient (Wildman–Crippen LogP) is 4.22. The first kappa shape index (κ1) is 13.8. The average molecular weight is 261 g/mol. The Balaban J connectivity index is 1.93. The lowest BCUT2D eigenvalue weighted by molar-refractivity contribution is 0.454. The van der Waals surface area contributed by atoms with E-state index in [2.05, 4.69) is 19.2 Å². The molecule has 0 aliphatic heterocycles. The largest absolute Gasteiger partial charge is 0.460 e. The molecule has 0 bridgehead atoms. The number of furan rings is 1. The summed E-state index contributed by atoms with van der Waals surface area (Å²) in [5.74, 6) is 2.13. The van der Waals surface area contributed by atoms with Crippen molar-refractivity contribution >= 4 is 0 Å². The highest BCUT2D eigenvalue weighted by molar-refractivity contribution is 5.57. The van der Waals surface area contributed by atoms with Gasteiger partial charge in [-0.05, 0) is 48.9 Å². The first-order chi connectivity index (χ1) is 9.19. The molecule has 0 radical (unpaired) electrons. The molecule has 19 heavy (non-hydrogen) atoms. The van der Waals surface area contributed by atoms with Crippen LogP contribution in [-0.2, 0) is 6.54 Å². The van der Waals surface area contributed by atoms with Gasteiger partial charge in [-0.15, -0.1) is 0 Å². The lowest BCUT2D eigenvalue weighted by Crippen LogP contribution is -2.19. The molecule has 0 saturated carbocycles. The van der Waals surface area contributed by atoms with E-state index in [4.69, 9.17) is 4.42 Å². The van der Waals surface area contributed by atoms with Crippen molar-refractivity contribution in [3.05, 3.63) is 48.0 Å². The van der Waals surface area contributed by atoms with Crippen molar-refractivity contribution in [1.29, 1.82) is 0 Å². The fraction of sp³-hybridized carbons (Fsp3) is 0.375. The van der Waals surface area contributed by atoms with Crippen molar-refractivity contribution < 1.29 is 8.81 Å². The highest BCUT2D eigenvalue weighted by Gasteiger charge is 2.05. The Kier molecular flexibility index (Phi) is 4.74. The standard InChI is InChI=1S/C16H20FNO/c1-3-12(2)10-18-11-15-8-9-16(19-15)13-4-6-14(17)7-5-13/h4-9,12,18H,3,10-11H2,1-2H3. The molecule has 1 aromatic heterocycles. The van der Waals surface area contributed by atoms with Crippen LogP contribution in [0.2, 0.25) is 0 Å². The maximum absolute atomic E-state index is 12.8. The van der Waals surface area contributed by atoms with Gasteiger partial charge in [0.15, 0.2) is 0 Å². The summed E-state index contributed by atoms with van der Waals surface area (Å²) in [6.07, 6.45) is 1.17. The second kappa shape index (κ2) is 6.53. The van der Waals surface area contributed by atoms with Crippen LogP contribution < -0.4 is 5.32 Å². The summed E-state index contributed by atoms with van der Waals surface area (Å²) < 4.78 is 18.6. The van der Waals surface area contributed by atoms with Gasteiger partial charge in [-0.25, -0.2) is 4.39 Å². The number of benzene rings is 1. The van der Waals surface area contributed by atoms with E-state index < -0.39 is 0 Å². The fourth-order valence-electron chi connectivity index (χ4n) is 1.83. The molecule has 1 N–H and O–H groups in total. The van der Waals surface area contributed by atoms with Crippen LogP contribution in [0.25, 0.3) is 11.3 Å². The molecule has 2 rings (SSSR count). The average Bonchev–Trinajstić information content (AvgIpc) is 2.88. The second-order valence-electron chi connectivity index (χ2n) is 4.92. The summed E-state index contributed by atoms with van der Waals surface area (Å²) in [4.78, 5) is 0. The number of halogens is 1. The first-order valence-electron chi connectivity index (χ1n) is 6.74. The van der Waals surface area contributed by atoms with E-state index in [0.717, 1.165) is 30.2 Å². The summed E-state index contributed by atoms with van der Waals surface area (Å²) in [7, 11) is 0. The van der Waals surface area contributed by atoms with Crippen LogP contribution >= 0.6 is 0 Å². The minimum atomic E-state index is -0.231. The summed E-state index contributed by atoms with van der Waals surface area (Å²) in [5.41, 5.74) is 0.898. The van der Waals surface area contributed by atoms with Crippen LogP contribution in [0.3, 0.4) is 0 Å². The molecule has 2 nitrogen and oxygen atoms in total. The zero-order chi connectivity index (χ0) is 13.7. The molecular weight excluding hydrogens is 241 g/mol. The highest BCUT2D eigenvalue weighted by Crippen LogP contribution is 2.22. The van der Waals surface area contributed by atoms with Crippen LogP contribution in [0, 0.1) is 11.7 Å². The minimum Gasteiger partial charge on any atom is -0.460 e. The third-order valence-corrected chi connectivity index (χ3v) is 3.28. The Morgan fingerprint density at radius 3 is 2.58 bits per heavy atom. The van der Waals surface area contributed by atoms with E-state index in [9.17, 15) is 4.39 Å². The zero-order valence-corrected chi connectivity index (χ0v) is 11.4. The predicted molar refractivity (Wildman–Crippen MR) is 75.3 cm³/mol. The summed E-state index contributed by atoms with van der Waals surface area (Å²) >= 11 is 0. The highest BCUT2D eigenvalue weighted by atomic mass is 19.1. The van der Waals surface area contributed by atoms with Crippen LogP contribution in [0.15, 0.2) is 40.8 Å². The van der Waals surface area contributed by atoms with Gasteiger partial charge in [-0.3, -0.25) is 0 Å². The van der Waals surface area contributed by atoms with Crippen LogP contribution in [-0.4, -0.2) is 6.54 Å². The Morgan fingerprint density at radius 1 is 1.16 bits per heavy atom. The second-order valence-corrected chi connectivity index (χ2v) is 4.92. The SMILES string of the molecule is CCC(C)CNCc1ccc(-c2ccc(F)cc2)o1. The van der Waals surface area contributed by atoms with Crippen molar-refractivity contribution in [3.8, 4) is 11.3 Å². The van der Waals surface area contributed by atoms with E-state index in [1.807, 2.05) is 12.1 Å². The van der Waals surface area contributed by atoms with Gasteiger partial charge in [0, 0.05) is 5.56 Å². The molecule has 0 fully saturated rings. The third-order valence-electron chi connectivity index (χ3n) is 3.28. The van der Waals surface area contributed by atoms with Gasteiger partial charge in [-0.1, -0.05) is 20.3 Å². The minimum absolute atomic E-state index is 0.231. The number of rotatable bonds is 6. The molecule has 102 valence electrons. The van der Waals surface area contributed by atoms with E-state index in [0.29, 0.717) is 5.92 Å². The van der Waals surface area contributed by atoms with E-state index >= 15 is 0 Å². The first-order valence-corrected chi connectivity index (χ1v) is 6.74. The van der Waals surface area contributed by atoms with Crippen molar-refractivity contribution in [2.45, 2.75) is 26.8 Å². The third kappa shape index (κ3) is 3.93. The molecule has 0 amide bonds. The maximum atomic E-state index is 12.8. The molecular formula is C16H20FNO. The molecule has 1 aromatic carbocycles. The van der Waals surface area contributed by atoms with Crippen molar-refractivity contribution in [1.82, 2.24) is 5.32 Å². The van der Waals surface area contributed by atoms with Crippen molar-refractivity contribution in [2.24, 2.45) is 5.92 Å². The van der Waals surface area contributed by atoms with Crippen LogP contribution in [0.5, 0.6) is 0 Å². The topological polar surface area (TPSA) is 25.2 Å². The maximum Gasteiger partial charge on any atom is 0.134 e. The van der Waals surface area contributed by atoms with Gasteiger partial charge in [-0.2, -0.15) is 0 Å². The Bertz CT molecular complexity index is 504. The smallest absolute Gasteiger partial charge is 0.134 e. The lowest BCUT2D eigenvalue weighted by atomic mass is 10.1. The lowest BCUT2D eigenvalue weighted by Gasteiger charge is -2.08. The van der Waals surface area contributed by atoms with Gasteiger partial charge in [0.05, 0.1) is 6.54 Å². The van der Waals surface area contributed by atoms with Crippen LogP contribution in [0.1, 0.15) is 26.0 Å². The normalized spacial score (nSPS) is 12.6. The van der Waals surface area contributed by atoms with Gasteiger partial charge in [0.25, 0.3) is 0 Å². The van der Waals surface area contributed by atoms with Crippen molar-refractivity contribution in [3.63, 3.8) is 0 Å². The number of hydrogen-bond donors (Lipinski definition) is 1.